The molecule has 222 valence electrons. The highest BCUT2D eigenvalue weighted by Gasteiger charge is 2.27. The van der Waals surface area contributed by atoms with Crippen LogP contribution in [0.1, 0.15) is 66.7 Å². The maximum atomic E-state index is 10.1. The highest BCUT2D eigenvalue weighted by atomic mass is 35.5. The number of hydrogen-bond donors (Lipinski definition) is 2. The summed E-state index contributed by atoms with van der Waals surface area (Å²) in [6.07, 6.45) is 6.71. The first-order valence-electron chi connectivity index (χ1n) is 15.3. The minimum atomic E-state index is -0.300. The van der Waals surface area contributed by atoms with Gasteiger partial charge >= 0.3 is 0 Å². The first-order chi connectivity index (χ1) is 22.1. The van der Waals surface area contributed by atoms with Gasteiger partial charge in [0.1, 0.15) is 11.8 Å². The molecular formula is C37H32ClN7. The molecule has 2 aromatic heterocycles. The van der Waals surface area contributed by atoms with Gasteiger partial charge in [0.25, 0.3) is 0 Å². The second kappa shape index (κ2) is 12.4. The summed E-state index contributed by atoms with van der Waals surface area (Å²) in [4.78, 5) is 4.58. The highest BCUT2D eigenvalue weighted by Crippen LogP contribution is 2.39. The Hall–Kier alpha value is -5.19. The third kappa shape index (κ3) is 5.98. The van der Waals surface area contributed by atoms with Crippen molar-refractivity contribution in [1.82, 2.24) is 20.0 Å². The molecule has 0 radical (unpaired) electrons. The number of nitriles is 1. The van der Waals surface area contributed by atoms with Crippen LogP contribution in [0.3, 0.4) is 0 Å². The van der Waals surface area contributed by atoms with Crippen molar-refractivity contribution < 1.29 is 0 Å². The minimum Gasteiger partial charge on any atom is -0.377 e. The van der Waals surface area contributed by atoms with E-state index >= 15 is 0 Å². The molecule has 6 aromatic rings. The lowest BCUT2D eigenvalue weighted by atomic mass is 9.97. The summed E-state index contributed by atoms with van der Waals surface area (Å²) in [6.45, 7) is 2.13. The lowest BCUT2D eigenvalue weighted by molar-refractivity contribution is 0.610. The van der Waals surface area contributed by atoms with Gasteiger partial charge in [0, 0.05) is 17.3 Å². The van der Waals surface area contributed by atoms with E-state index in [0.717, 1.165) is 58.3 Å². The summed E-state index contributed by atoms with van der Waals surface area (Å²) >= 11 is 6.91. The number of hydrogen-bond acceptors (Lipinski definition) is 6. The van der Waals surface area contributed by atoms with E-state index in [1.807, 2.05) is 59.4 Å². The molecule has 0 aliphatic heterocycles. The molecule has 45 heavy (non-hydrogen) atoms. The molecular weight excluding hydrogens is 578 g/mol. The van der Waals surface area contributed by atoms with Crippen LogP contribution in [0.25, 0.3) is 22.0 Å². The Balaban J connectivity index is 1.31. The Morgan fingerprint density at radius 1 is 0.911 bits per heavy atom. The molecule has 8 heteroatoms. The van der Waals surface area contributed by atoms with E-state index < -0.39 is 0 Å². The van der Waals surface area contributed by atoms with E-state index in [9.17, 15) is 5.26 Å². The number of pyridine rings is 1. The van der Waals surface area contributed by atoms with Crippen LogP contribution < -0.4 is 10.6 Å². The Morgan fingerprint density at radius 3 is 2.38 bits per heavy atom. The van der Waals surface area contributed by atoms with Crippen molar-refractivity contribution in [3.63, 3.8) is 0 Å². The van der Waals surface area contributed by atoms with Crippen molar-refractivity contribution in [3.8, 4) is 17.2 Å². The zero-order chi connectivity index (χ0) is 30.8. The molecule has 1 fully saturated rings. The lowest BCUT2D eigenvalue weighted by Gasteiger charge is -2.23. The Kier molecular flexibility index (Phi) is 7.89. The molecule has 0 unspecified atom stereocenters. The number of aromatic nitrogens is 4. The summed E-state index contributed by atoms with van der Waals surface area (Å²) in [5.41, 5.74) is 7.87. The number of benzene rings is 4. The van der Waals surface area contributed by atoms with E-state index in [1.165, 1.54) is 0 Å². The largest absolute Gasteiger partial charge is 0.377 e. The quantitative estimate of drug-likeness (QED) is 0.161. The summed E-state index contributed by atoms with van der Waals surface area (Å²) in [7, 11) is 0. The number of anilines is 2. The third-order valence-electron chi connectivity index (χ3n) is 8.36. The predicted octanol–water partition coefficient (Wildman–Crippen LogP) is 9.12. The number of nitrogens with one attached hydrogen (secondary N) is 2. The maximum absolute atomic E-state index is 10.1. The zero-order valence-corrected chi connectivity index (χ0v) is 25.6. The molecule has 1 aliphatic rings. The molecule has 4 aromatic carbocycles. The van der Waals surface area contributed by atoms with Gasteiger partial charge < -0.3 is 10.6 Å². The van der Waals surface area contributed by atoms with E-state index in [-0.39, 0.29) is 12.1 Å². The second-order valence-electron chi connectivity index (χ2n) is 11.5. The topological polar surface area (TPSA) is 91.5 Å². The summed E-state index contributed by atoms with van der Waals surface area (Å²) in [5, 5.41) is 27.8. The van der Waals surface area contributed by atoms with Crippen LogP contribution in [0, 0.1) is 11.3 Å². The number of halogens is 1. The van der Waals surface area contributed by atoms with Gasteiger partial charge in [0.15, 0.2) is 0 Å². The lowest BCUT2D eigenvalue weighted by Crippen LogP contribution is -2.14. The molecule has 0 amide bonds. The average molecular weight is 610 g/mol. The van der Waals surface area contributed by atoms with Crippen LogP contribution in [0.5, 0.6) is 0 Å². The summed E-state index contributed by atoms with van der Waals surface area (Å²) in [6, 6.07) is 35.5. The van der Waals surface area contributed by atoms with E-state index in [1.54, 1.807) is 6.20 Å². The molecule has 0 saturated heterocycles. The van der Waals surface area contributed by atoms with Gasteiger partial charge in [-0.15, -0.1) is 5.10 Å². The average Bonchev–Trinajstić information content (AvgIpc) is 3.83. The van der Waals surface area contributed by atoms with Crippen LogP contribution >= 0.6 is 11.6 Å². The van der Waals surface area contributed by atoms with Crippen molar-refractivity contribution in [2.75, 3.05) is 10.6 Å². The normalized spacial score (nSPS) is 14.1. The van der Waals surface area contributed by atoms with Crippen molar-refractivity contribution in [2.45, 2.75) is 44.3 Å². The zero-order valence-electron chi connectivity index (χ0n) is 24.9. The van der Waals surface area contributed by atoms with Crippen molar-refractivity contribution in [3.05, 3.63) is 137 Å². The van der Waals surface area contributed by atoms with Crippen LogP contribution in [0.4, 0.5) is 11.4 Å². The van der Waals surface area contributed by atoms with E-state index in [0.29, 0.717) is 27.8 Å². The van der Waals surface area contributed by atoms with Crippen LogP contribution in [-0.4, -0.2) is 20.0 Å². The summed E-state index contributed by atoms with van der Waals surface area (Å²) in [5.74, 6) is 0. The summed E-state index contributed by atoms with van der Waals surface area (Å²) < 4.78 is 1.97. The molecule has 1 aliphatic carbocycles. The SMILES string of the molecule is CC[C@@H](Nc1c(C#N)cnc2c(Cl)cc(N[C@@H](c3cccc(-c4ccccc4)c3)c3cn(C4CC4)nn3)cc12)c1ccccc1. The minimum absolute atomic E-state index is 0.00484. The van der Waals surface area contributed by atoms with Gasteiger partial charge in [0.05, 0.1) is 46.1 Å². The van der Waals surface area contributed by atoms with Gasteiger partial charge in [-0.1, -0.05) is 103 Å². The number of rotatable bonds is 10. The highest BCUT2D eigenvalue weighted by molar-refractivity contribution is 6.35. The fourth-order valence-electron chi connectivity index (χ4n) is 5.83. The molecule has 7 rings (SSSR count). The van der Waals surface area contributed by atoms with E-state index in [4.69, 9.17) is 11.6 Å². The van der Waals surface area contributed by atoms with Gasteiger partial charge in [-0.25, -0.2) is 4.68 Å². The molecule has 2 heterocycles. The number of nitrogens with zero attached hydrogens (tertiary/aromatic N) is 5. The molecule has 2 N–H and O–H groups in total. The van der Waals surface area contributed by atoms with Crippen LogP contribution in [0.2, 0.25) is 5.02 Å². The van der Waals surface area contributed by atoms with Crippen molar-refractivity contribution in [2.24, 2.45) is 0 Å². The fourth-order valence-corrected chi connectivity index (χ4v) is 6.10. The van der Waals surface area contributed by atoms with E-state index in [2.05, 4.69) is 87.5 Å². The van der Waals surface area contributed by atoms with Crippen molar-refractivity contribution >= 4 is 33.9 Å². The number of fused-ring (bicyclic) bond motifs is 1. The smallest absolute Gasteiger partial charge is 0.109 e. The Bertz CT molecular complexity index is 2000. The monoisotopic (exact) mass is 609 g/mol. The van der Waals surface area contributed by atoms with Gasteiger partial charge in [-0.05, 0) is 59.7 Å². The second-order valence-corrected chi connectivity index (χ2v) is 11.9. The fraction of sp³-hybridized carbons (Fsp3) is 0.189. The first-order valence-corrected chi connectivity index (χ1v) is 15.7. The van der Waals surface area contributed by atoms with Gasteiger partial charge in [-0.2, -0.15) is 5.26 Å². The molecule has 7 nitrogen and oxygen atoms in total. The first kappa shape index (κ1) is 28.6. The molecule has 0 spiro atoms. The van der Waals surface area contributed by atoms with Gasteiger partial charge in [-0.3, -0.25) is 4.98 Å². The predicted molar refractivity (Wildman–Crippen MR) is 180 cm³/mol. The van der Waals surface area contributed by atoms with Crippen LogP contribution in [-0.2, 0) is 0 Å². The maximum Gasteiger partial charge on any atom is 0.109 e. The van der Waals surface area contributed by atoms with Gasteiger partial charge in [0.2, 0.25) is 0 Å². The van der Waals surface area contributed by atoms with Crippen molar-refractivity contribution in [1.29, 1.82) is 5.26 Å². The molecule has 0 bridgehead atoms. The Morgan fingerprint density at radius 2 is 1.64 bits per heavy atom. The molecule has 1 saturated carbocycles. The standard InChI is InChI=1S/C37H32ClN7/c1-2-33(25-12-7-4-8-13-25)42-35-28(21-39)22-40-37-31(35)19-29(20-32(37)38)41-36(34-23-45(44-43-34)30-16-17-30)27-15-9-14-26(18-27)24-10-5-3-6-11-24/h3-15,18-20,22-23,30,33,36,41H,2,16-17H2,1H3,(H,40,42)/t33-,36+/m1/s1. The third-order valence-corrected chi connectivity index (χ3v) is 8.65. The molecule has 2 atom stereocenters. The Labute approximate surface area is 267 Å². The van der Waals surface area contributed by atoms with Crippen LogP contribution in [0.15, 0.2) is 109 Å².